The summed E-state index contributed by atoms with van der Waals surface area (Å²) < 4.78 is 0. The first-order valence-electron chi connectivity index (χ1n) is 7.84. The van der Waals surface area contributed by atoms with Gasteiger partial charge < -0.3 is 10.2 Å². The van der Waals surface area contributed by atoms with Gasteiger partial charge in [-0.2, -0.15) is 0 Å². The lowest BCUT2D eigenvalue weighted by atomic mass is 9.72. The molecule has 1 aromatic rings. The molecule has 1 aliphatic rings. The van der Waals surface area contributed by atoms with Gasteiger partial charge in [0.15, 0.2) is 0 Å². The van der Waals surface area contributed by atoms with Gasteiger partial charge in [-0.05, 0) is 37.7 Å². The minimum Gasteiger partial charge on any atom is -0.328 e. The minimum atomic E-state index is -0.127. The lowest BCUT2D eigenvalue weighted by Gasteiger charge is -2.44. The standard InChI is InChI=1S/C17H26N2O/c1-3-13-19(14-4-2)16(20)18-17(11-8-12-17)15-9-6-5-7-10-15/h5-7,9-10H,3-4,8,11-14H2,1-2H3,(H,18,20). The lowest BCUT2D eigenvalue weighted by molar-refractivity contribution is 0.149. The molecule has 0 unspecified atom stereocenters. The molecule has 2 amide bonds. The zero-order chi connectivity index (χ0) is 14.4. The van der Waals surface area contributed by atoms with Crippen molar-refractivity contribution in [3.63, 3.8) is 0 Å². The van der Waals surface area contributed by atoms with Gasteiger partial charge in [0, 0.05) is 13.1 Å². The molecule has 1 fully saturated rings. The highest BCUT2D eigenvalue weighted by Crippen LogP contribution is 2.41. The van der Waals surface area contributed by atoms with Crippen LogP contribution in [0, 0.1) is 0 Å². The Kier molecular flexibility index (Phi) is 5.05. The predicted molar refractivity (Wildman–Crippen MR) is 82.7 cm³/mol. The van der Waals surface area contributed by atoms with Crippen molar-refractivity contribution in [1.82, 2.24) is 10.2 Å². The monoisotopic (exact) mass is 274 g/mol. The third-order valence-corrected chi connectivity index (χ3v) is 4.15. The Labute approximate surface area is 122 Å². The normalized spacial score (nSPS) is 16.3. The smallest absolute Gasteiger partial charge is 0.318 e. The molecular weight excluding hydrogens is 248 g/mol. The van der Waals surface area contributed by atoms with Crippen molar-refractivity contribution in [2.75, 3.05) is 13.1 Å². The van der Waals surface area contributed by atoms with E-state index >= 15 is 0 Å². The van der Waals surface area contributed by atoms with Gasteiger partial charge in [-0.15, -0.1) is 0 Å². The van der Waals surface area contributed by atoms with E-state index in [1.165, 1.54) is 12.0 Å². The van der Waals surface area contributed by atoms with Crippen LogP contribution >= 0.6 is 0 Å². The number of carbonyl (C=O) groups is 1. The molecule has 1 aliphatic carbocycles. The molecule has 0 bridgehead atoms. The van der Waals surface area contributed by atoms with Crippen LogP contribution in [0.4, 0.5) is 4.79 Å². The van der Waals surface area contributed by atoms with Gasteiger partial charge in [0.1, 0.15) is 0 Å². The number of nitrogens with one attached hydrogen (secondary N) is 1. The molecule has 1 saturated carbocycles. The summed E-state index contributed by atoms with van der Waals surface area (Å²) in [5.74, 6) is 0. The number of rotatable bonds is 6. The van der Waals surface area contributed by atoms with Crippen molar-refractivity contribution in [2.45, 2.75) is 51.5 Å². The van der Waals surface area contributed by atoms with Crippen LogP contribution in [-0.4, -0.2) is 24.0 Å². The quantitative estimate of drug-likeness (QED) is 0.838. The number of carbonyl (C=O) groups excluding carboxylic acids is 1. The number of hydrogen-bond donors (Lipinski definition) is 1. The van der Waals surface area contributed by atoms with Crippen LogP contribution in [-0.2, 0) is 5.54 Å². The van der Waals surface area contributed by atoms with E-state index in [9.17, 15) is 4.79 Å². The Bertz CT molecular complexity index is 420. The van der Waals surface area contributed by atoms with Crippen molar-refractivity contribution < 1.29 is 4.79 Å². The van der Waals surface area contributed by atoms with Gasteiger partial charge in [0.25, 0.3) is 0 Å². The summed E-state index contributed by atoms with van der Waals surface area (Å²) in [6.45, 7) is 5.91. The summed E-state index contributed by atoms with van der Waals surface area (Å²) in [6, 6.07) is 10.5. The fourth-order valence-corrected chi connectivity index (χ4v) is 2.91. The SMILES string of the molecule is CCCN(CCC)C(=O)NC1(c2ccccc2)CCC1. The number of urea groups is 1. The Morgan fingerprint density at radius 3 is 2.20 bits per heavy atom. The molecule has 0 aromatic heterocycles. The predicted octanol–water partition coefficient (Wildman–Crippen LogP) is 3.90. The highest BCUT2D eigenvalue weighted by molar-refractivity contribution is 5.75. The molecule has 110 valence electrons. The Morgan fingerprint density at radius 2 is 1.75 bits per heavy atom. The maximum Gasteiger partial charge on any atom is 0.318 e. The maximum absolute atomic E-state index is 12.5. The van der Waals surface area contributed by atoms with Crippen molar-refractivity contribution >= 4 is 6.03 Å². The van der Waals surface area contributed by atoms with E-state index in [1.807, 2.05) is 11.0 Å². The van der Waals surface area contributed by atoms with Crippen molar-refractivity contribution in [2.24, 2.45) is 0 Å². The average molecular weight is 274 g/mol. The fraction of sp³-hybridized carbons (Fsp3) is 0.588. The van der Waals surface area contributed by atoms with Crippen LogP contribution in [0.5, 0.6) is 0 Å². The molecule has 1 aromatic carbocycles. The lowest BCUT2D eigenvalue weighted by Crippen LogP contribution is -2.55. The third-order valence-electron chi connectivity index (χ3n) is 4.15. The third kappa shape index (κ3) is 3.14. The first kappa shape index (κ1) is 14.9. The number of benzene rings is 1. The molecule has 3 nitrogen and oxygen atoms in total. The molecule has 0 atom stereocenters. The molecule has 20 heavy (non-hydrogen) atoms. The first-order chi connectivity index (χ1) is 9.72. The molecule has 2 rings (SSSR count). The van der Waals surface area contributed by atoms with Gasteiger partial charge in [-0.1, -0.05) is 44.2 Å². The summed E-state index contributed by atoms with van der Waals surface area (Å²) >= 11 is 0. The topological polar surface area (TPSA) is 32.3 Å². The Morgan fingerprint density at radius 1 is 1.15 bits per heavy atom. The van der Waals surface area contributed by atoms with Gasteiger partial charge in [0.2, 0.25) is 0 Å². The molecule has 0 spiro atoms. The minimum absolute atomic E-state index is 0.0947. The van der Waals surface area contributed by atoms with Crippen molar-refractivity contribution in [1.29, 1.82) is 0 Å². The van der Waals surface area contributed by atoms with Gasteiger partial charge in [-0.3, -0.25) is 0 Å². The largest absolute Gasteiger partial charge is 0.328 e. The zero-order valence-electron chi connectivity index (χ0n) is 12.7. The second kappa shape index (κ2) is 6.78. The van der Waals surface area contributed by atoms with Crippen molar-refractivity contribution in [3.8, 4) is 0 Å². The van der Waals surface area contributed by atoms with E-state index in [4.69, 9.17) is 0 Å². The summed E-state index contributed by atoms with van der Waals surface area (Å²) in [5.41, 5.74) is 1.12. The average Bonchev–Trinajstić information content (AvgIpc) is 2.43. The van der Waals surface area contributed by atoms with Crippen LogP contribution in [0.1, 0.15) is 51.5 Å². The summed E-state index contributed by atoms with van der Waals surface area (Å²) in [7, 11) is 0. The van der Waals surface area contributed by atoms with Gasteiger partial charge >= 0.3 is 6.03 Å². The highest BCUT2D eigenvalue weighted by Gasteiger charge is 2.40. The Hall–Kier alpha value is -1.51. The van der Waals surface area contributed by atoms with Gasteiger partial charge in [0.05, 0.1) is 5.54 Å². The molecule has 0 heterocycles. The van der Waals surface area contributed by atoms with E-state index in [0.29, 0.717) is 0 Å². The van der Waals surface area contributed by atoms with Crippen LogP contribution < -0.4 is 5.32 Å². The molecule has 0 radical (unpaired) electrons. The summed E-state index contributed by atoms with van der Waals surface area (Å²) in [5, 5.41) is 3.30. The van der Waals surface area contributed by atoms with E-state index in [2.05, 4.69) is 43.4 Å². The van der Waals surface area contributed by atoms with E-state index in [-0.39, 0.29) is 11.6 Å². The maximum atomic E-state index is 12.5. The van der Waals surface area contributed by atoms with E-state index in [0.717, 1.165) is 38.8 Å². The summed E-state index contributed by atoms with van der Waals surface area (Å²) in [4.78, 5) is 14.5. The van der Waals surface area contributed by atoms with Crippen LogP contribution in [0.2, 0.25) is 0 Å². The van der Waals surface area contributed by atoms with Crippen LogP contribution in [0.3, 0.4) is 0 Å². The second-order valence-corrected chi connectivity index (χ2v) is 5.72. The second-order valence-electron chi connectivity index (χ2n) is 5.72. The zero-order valence-corrected chi connectivity index (χ0v) is 12.7. The Balaban J connectivity index is 2.08. The number of nitrogens with zero attached hydrogens (tertiary/aromatic N) is 1. The van der Waals surface area contributed by atoms with E-state index < -0.39 is 0 Å². The van der Waals surface area contributed by atoms with E-state index in [1.54, 1.807) is 0 Å². The first-order valence-corrected chi connectivity index (χ1v) is 7.84. The fourth-order valence-electron chi connectivity index (χ4n) is 2.91. The van der Waals surface area contributed by atoms with Crippen LogP contribution in [0.15, 0.2) is 30.3 Å². The molecule has 3 heteroatoms. The summed E-state index contributed by atoms with van der Waals surface area (Å²) in [6.07, 6.45) is 5.30. The molecule has 0 aliphatic heterocycles. The molecule has 0 saturated heterocycles. The van der Waals surface area contributed by atoms with Crippen LogP contribution in [0.25, 0.3) is 0 Å². The number of hydrogen-bond acceptors (Lipinski definition) is 1. The van der Waals surface area contributed by atoms with Crippen molar-refractivity contribution in [3.05, 3.63) is 35.9 Å². The molecule has 1 N–H and O–H groups in total. The van der Waals surface area contributed by atoms with Gasteiger partial charge in [-0.25, -0.2) is 4.79 Å². The highest BCUT2D eigenvalue weighted by atomic mass is 16.2. The number of amides is 2. The molecular formula is C17H26N2O.